The maximum atomic E-state index is 12.7. The van der Waals surface area contributed by atoms with Gasteiger partial charge in [-0.15, -0.1) is 0 Å². The molecule has 8 heteroatoms. The lowest BCUT2D eigenvalue weighted by Gasteiger charge is -2.23. The predicted octanol–water partition coefficient (Wildman–Crippen LogP) is 1.08. The van der Waals surface area contributed by atoms with Crippen molar-refractivity contribution < 1.29 is 18.0 Å². The molecule has 0 aromatic carbocycles. The zero-order valence-corrected chi connectivity index (χ0v) is 11.5. The van der Waals surface area contributed by atoms with Crippen LogP contribution < -0.4 is 10.6 Å². The van der Waals surface area contributed by atoms with E-state index < -0.39 is 11.9 Å². The van der Waals surface area contributed by atoms with Gasteiger partial charge in [0.25, 0.3) is 0 Å². The average Bonchev–Trinajstić information content (AvgIpc) is 2.36. The molecule has 0 saturated carbocycles. The molecule has 0 fully saturated rings. The minimum Gasteiger partial charge on any atom is -0.350 e. The van der Waals surface area contributed by atoms with Gasteiger partial charge in [0.15, 0.2) is 0 Å². The Kier molecular flexibility index (Phi) is 4.93. The normalized spacial score (nSPS) is 11.3. The molecular formula is C12H17F3N4O. The predicted molar refractivity (Wildman–Crippen MR) is 69.1 cm³/mol. The number of halogens is 3. The lowest BCUT2D eigenvalue weighted by molar-refractivity contribution is -0.141. The number of nitrogens with zero attached hydrogens (tertiary/aromatic N) is 3. The highest BCUT2D eigenvalue weighted by Gasteiger charge is 2.33. The SMILES string of the molecule is CN(C)C(=O)CN(C)c1nc(C(F)(F)F)ccc1CN. The monoisotopic (exact) mass is 290 g/mol. The molecule has 1 heterocycles. The topological polar surface area (TPSA) is 62.5 Å². The van der Waals surface area contributed by atoms with Crippen LogP contribution in [0.2, 0.25) is 0 Å². The maximum absolute atomic E-state index is 12.7. The molecular weight excluding hydrogens is 273 g/mol. The second kappa shape index (κ2) is 6.08. The van der Waals surface area contributed by atoms with Crippen LogP contribution in [0.3, 0.4) is 0 Å². The van der Waals surface area contributed by atoms with E-state index in [4.69, 9.17) is 5.73 Å². The number of rotatable bonds is 4. The summed E-state index contributed by atoms with van der Waals surface area (Å²) in [7, 11) is 4.64. The Morgan fingerprint density at radius 3 is 2.35 bits per heavy atom. The van der Waals surface area contributed by atoms with Crippen LogP contribution in [0.5, 0.6) is 0 Å². The van der Waals surface area contributed by atoms with Gasteiger partial charge >= 0.3 is 6.18 Å². The molecule has 0 unspecified atom stereocenters. The van der Waals surface area contributed by atoms with Crippen molar-refractivity contribution in [1.29, 1.82) is 0 Å². The Hall–Kier alpha value is -1.83. The first-order valence-electron chi connectivity index (χ1n) is 5.85. The van der Waals surface area contributed by atoms with Crippen LogP contribution in [0.15, 0.2) is 12.1 Å². The number of aromatic nitrogens is 1. The third-order valence-corrected chi connectivity index (χ3v) is 2.70. The van der Waals surface area contributed by atoms with Gasteiger partial charge in [0.05, 0.1) is 6.54 Å². The van der Waals surface area contributed by atoms with Gasteiger partial charge in [0.2, 0.25) is 5.91 Å². The van der Waals surface area contributed by atoms with Gasteiger partial charge in [0.1, 0.15) is 11.5 Å². The molecule has 20 heavy (non-hydrogen) atoms. The first kappa shape index (κ1) is 16.2. The first-order chi connectivity index (χ1) is 9.16. The van der Waals surface area contributed by atoms with Crippen molar-refractivity contribution in [2.75, 3.05) is 32.6 Å². The summed E-state index contributed by atoms with van der Waals surface area (Å²) >= 11 is 0. The van der Waals surface area contributed by atoms with Gasteiger partial charge in [-0.1, -0.05) is 6.07 Å². The fraction of sp³-hybridized carbons (Fsp3) is 0.500. The fourth-order valence-electron chi connectivity index (χ4n) is 1.54. The molecule has 0 atom stereocenters. The van der Waals surface area contributed by atoms with Crippen LogP contribution in [0.25, 0.3) is 0 Å². The van der Waals surface area contributed by atoms with Crippen LogP contribution in [0, 0.1) is 0 Å². The van der Waals surface area contributed by atoms with Gasteiger partial charge < -0.3 is 15.5 Å². The molecule has 0 radical (unpaired) electrons. The number of carbonyl (C=O) groups excluding carboxylic acids is 1. The molecule has 0 aliphatic heterocycles. The fourth-order valence-corrected chi connectivity index (χ4v) is 1.54. The van der Waals surface area contributed by atoms with Crippen molar-refractivity contribution in [3.8, 4) is 0 Å². The number of nitrogens with two attached hydrogens (primary N) is 1. The number of anilines is 1. The Bertz CT molecular complexity index is 488. The van der Waals surface area contributed by atoms with E-state index in [1.807, 2.05) is 0 Å². The van der Waals surface area contributed by atoms with E-state index >= 15 is 0 Å². The summed E-state index contributed by atoms with van der Waals surface area (Å²) in [4.78, 5) is 17.9. The van der Waals surface area contributed by atoms with Crippen molar-refractivity contribution in [1.82, 2.24) is 9.88 Å². The maximum Gasteiger partial charge on any atom is 0.433 e. The van der Waals surface area contributed by atoms with E-state index in [0.29, 0.717) is 5.56 Å². The van der Waals surface area contributed by atoms with Gasteiger partial charge in [-0.2, -0.15) is 13.2 Å². The number of carbonyl (C=O) groups is 1. The molecule has 1 rings (SSSR count). The summed E-state index contributed by atoms with van der Waals surface area (Å²) < 4.78 is 38.0. The molecule has 0 aliphatic carbocycles. The summed E-state index contributed by atoms with van der Waals surface area (Å²) in [6.07, 6.45) is -4.53. The van der Waals surface area contributed by atoms with Crippen molar-refractivity contribution in [3.63, 3.8) is 0 Å². The number of hydrogen-bond donors (Lipinski definition) is 1. The smallest absolute Gasteiger partial charge is 0.350 e. The van der Waals surface area contributed by atoms with Crippen LogP contribution in [-0.2, 0) is 17.5 Å². The molecule has 0 saturated heterocycles. The summed E-state index contributed by atoms with van der Waals surface area (Å²) in [6.45, 7) is -0.0325. The van der Waals surface area contributed by atoms with E-state index in [9.17, 15) is 18.0 Å². The van der Waals surface area contributed by atoms with E-state index in [0.717, 1.165) is 6.07 Å². The molecule has 0 spiro atoms. The first-order valence-corrected chi connectivity index (χ1v) is 5.85. The highest BCUT2D eigenvalue weighted by Crippen LogP contribution is 2.30. The number of pyridine rings is 1. The molecule has 0 bridgehead atoms. The third kappa shape index (κ3) is 3.83. The van der Waals surface area contributed by atoms with Crippen LogP contribution in [0.4, 0.5) is 19.0 Å². The van der Waals surface area contributed by atoms with Gasteiger partial charge in [0, 0.05) is 33.3 Å². The van der Waals surface area contributed by atoms with Crippen molar-refractivity contribution >= 4 is 11.7 Å². The zero-order chi connectivity index (χ0) is 15.5. The van der Waals surface area contributed by atoms with Crippen molar-refractivity contribution in [2.24, 2.45) is 5.73 Å². The Balaban J connectivity index is 3.10. The second-order valence-corrected chi connectivity index (χ2v) is 4.53. The summed E-state index contributed by atoms with van der Waals surface area (Å²) in [5, 5.41) is 0. The Labute approximate surface area is 115 Å². The Morgan fingerprint density at radius 2 is 1.90 bits per heavy atom. The lowest BCUT2D eigenvalue weighted by atomic mass is 10.2. The molecule has 1 amide bonds. The minimum atomic E-state index is -4.53. The molecule has 1 aromatic rings. The molecule has 1 aromatic heterocycles. The minimum absolute atomic E-state index is 0.0426. The van der Waals surface area contributed by atoms with Gasteiger partial charge in [-0.05, 0) is 6.07 Å². The molecule has 112 valence electrons. The van der Waals surface area contributed by atoms with Crippen LogP contribution in [-0.4, -0.2) is 43.5 Å². The third-order valence-electron chi connectivity index (χ3n) is 2.70. The van der Waals surface area contributed by atoms with Crippen LogP contribution in [0.1, 0.15) is 11.3 Å². The highest BCUT2D eigenvalue weighted by molar-refractivity contribution is 5.80. The molecule has 0 aliphatic rings. The van der Waals surface area contributed by atoms with Crippen molar-refractivity contribution in [2.45, 2.75) is 12.7 Å². The summed E-state index contributed by atoms with van der Waals surface area (Å²) in [5.74, 6) is -0.174. The van der Waals surface area contributed by atoms with Gasteiger partial charge in [-0.25, -0.2) is 4.98 Å². The van der Waals surface area contributed by atoms with Crippen LogP contribution >= 0.6 is 0 Å². The number of alkyl halides is 3. The Morgan fingerprint density at radius 1 is 1.30 bits per heavy atom. The largest absolute Gasteiger partial charge is 0.433 e. The van der Waals surface area contributed by atoms with E-state index in [1.54, 1.807) is 14.1 Å². The molecule has 5 nitrogen and oxygen atoms in total. The molecule has 2 N–H and O–H groups in total. The zero-order valence-electron chi connectivity index (χ0n) is 11.5. The average molecular weight is 290 g/mol. The van der Waals surface area contributed by atoms with Gasteiger partial charge in [-0.3, -0.25) is 4.79 Å². The number of amides is 1. The summed E-state index contributed by atoms with van der Waals surface area (Å²) in [5.41, 5.74) is 4.94. The van der Waals surface area contributed by atoms with E-state index in [-0.39, 0.29) is 24.8 Å². The quantitative estimate of drug-likeness (QED) is 0.901. The lowest BCUT2D eigenvalue weighted by Crippen LogP contribution is -2.35. The second-order valence-electron chi connectivity index (χ2n) is 4.53. The standard InChI is InChI=1S/C12H17F3N4O/c1-18(2)10(20)7-19(3)11-8(6-16)4-5-9(17-11)12(13,14)15/h4-5H,6-7,16H2,1-3H3. The van der Waals surface area contributed by atoms with Crippen molar-refractivity contribution in [3.05, 3.63) is 23.4 Å². The summed E-state index contributed by atoms with van der Waals surface area (Å²) in [6, 6.07) is 2.16. The highest BCUT2D eigenvalue weighted by atomic mass is 19.4. The number of hydrogen-bond acceptors (Lipinski definition) is 4. The van der Waals surface area contributed by atoms with E-state index in [1.165, 1.54) is 22.9 Å². The number of likely N-dealkylation sites (N-methyl/N-ethyl adjacent to an activating group) is 2. The van der Waals surface area contributed by atoms with E-state index in [2.05, 4.69) is 4.98 Å².